The van der Waals surface area contributed by atoms with Crippen LogP contribution in [0.5, 0.6) is 0 Å². The molecule has 0 spiro atoms. The van der Waals surface area contributed by atoms with Crippen molar-refractivity contribution in [3.05, 3.63) is 34.6 Å². The zero-order valence-electron chi connectivity index (χ0n) is 14.8. The summed E-state index contributed by atoms with van der Waals surface area (Å²) in [5, 5.41) is 0.329. The van der Waals surface area contributed by atoms with E-state index in [0.29, 0.717) is 17.1 Å². The molecule has 1 unspecified atom stereocenters. The first-order valence-electron chi connectivity index (χ1n) is 8.75. The third-order valence-corrected chi connectivity index (χ3v) is 6.47. The van der Waals surface area contributed by atoms with E-state index >= 15 is 0 Å². The number of nitrogens with zero attached hydrogens (tertiary/aromatic N) is 2. The highest BCUT2D eigenvalue weighted by Gasteiger charge is 2.29. The molecule has 1 aliphatic heterocycles. The molecule has 1 heterocycles. The van der Waals surface area contributed by atoms with Gasteiger partial charge in [0.05, 0.1) is 6.04 Å². The number of halogens is 2. The summed E-state index contributed by atoms with van der Waals surface area (Å²) >= 11 is 6.23. The number of hydrogen-bond donors (Lipinski definition) is 1. The monoisotopic (exact) mass is 391 g/mol. The van der Waals surface area contributed by atoms with Crippen LogP contribution in [0.25, 0.3) is 0 Å². The van der Waals surface area contributed by atoms with E-state index in [0.717, 1.165) is 38.8 Å². The summed E-state index contributed by atoms with van der Waals surface area (Å²) in [5.74, 6) is -0.400. The highest BCUT2D eigenvalue weighted by molar-refractivity contribution is 7.87. The SMILES string of the molecule is CCCCN(C)S(=O)(=O)NCC(c1c(F)cccc1Cl)N1CCCC1. The van der Waals surface area contributed by atoms with Gasteiger partial charge in [0.25, 0.3) is 10.2 Å². The summed E-state index contributed by atoms with van der Waals surface area (Å²) in [4.78, 5) is 2.10. The van der Waals surface area contributed by atoms with Gasteiger partial charge in [-0.1, -0.05) is 31.0 Å². The van der Waals surface area contributed by atoms with E-state index in [-0.39, 0.29) is 6.54 Å². The molecular formula is C17H27ClFN3O2S. The van der Waals surface area contributed by atoms with Gasteiger partial charge in [-0.05, 0) is 44.5 Å². The molecule has 2 rings (SSSR count). The predicted molar refractivity (Wildman–Crippen MR) is 99.4 cm³/mol. The summed E-state index contributed by atoms with van der Waals surface area (Å²) in [7, 11) is -2.05. The lowest BCUT2D eigenvalue weighted by Gasteiger charge is -2.30. The normalized spacial score (nSPS) is 17.3. The van der Waals surface area contributed by atoms with Gasteiger partial charge in [0, 0.05) is 30.7 Å². The number of unbranched alkanes of at least 4 members (excludes halogenated alkanes) is 1. The zero-order valence-corrected chi connectivity index (χ0v) is 16.4. The van der Waals surface area contributed by atoms with Gasteiger partial charge in [0.1, 0.15) is 5.82 Å². The van der Waals surface area contributed by atoms with E-state index in [1.165, 1.54) is 10.4 Å². The minimum Gasteiger partial charge on any atom is -0.295 e. The van der Waals surface area contributed by atoms with E-state index in [1.54, 1.807) is 19.2 Å². The molecule has 25 heavy (non-hydrogen) atoms. The molecule has 142 valence electrons. The van der Waals surface area contributed by atoms with Crippen molar-refractivity contribution in [2.75, 3.05) is 33.2 Å². The van der Waals surface area contributed by atoms with Crippen molar-refractivity contribution in [1.82, 2.24) is 13.9 Å². The average molecular weight is 392 g/mol. The van der Waals surface area contributed by atoms with Crippen LogP contribution in [0.3, 0.4) is 0 Å². The van der Waals surface area contributed by atoms with Gasteiger partial charge >= 0.3 is 0 Å². The van der Waals surface area contributed by atoms with Crippen LogP contribution in [0, 0.1) is 5.82 Å². The Labute approximate surface area is 155 Å². The molecule has 1 fully saturated rings. The molecule has 1 saturated heterocycles. The Hall–Kier alpha value is -0.730. The molecule has 0 aromatic heterocycles. The summed E-state index contributed by atoms with van der Waals surface area (Å²) in [6.45, 7) is 4.18. The molecule has 1 aliphatic rings. The summed E-state index contributed by atoms with van der Waals surface area (Å²) in [6, 6.07) is 4.16. The minimum absolute atomic E-state index is 0.0967. The second-order valence-electron chi connectivity index (χ2n) is 6.42. The van der Waals surface area contributed by atoms with E-state index in [2.05, 4.69) is 9.62 Å². The Kier molecular flexibility index (Phi) is 7.64. The molecule has 8 heteroatoms. The van der Waals surface area contributed by atoms with Gasteiger partial charge in [-0.2, -0.15) is 12.7 Å². The van der Waals surface area contributed by atoms with Crippen LogP contribution in [-0.2, 0) is 10.2 Å². The molecule has 1 aromatic carbocycles. The third-order valence-electron chi connectivity index (χ3n) is 4.61. The van der Waals surface area contributed by atoms with Gasteiger partial charge < -0.3 is 0 Å². The fraction of sp³-hybridized carbons (Fsp3) is 0.647. The lowest BCUT2D eigenvalue weighted by Crippen LogP contribution is -2.43. The Balaban J connectivity index is 2.17. The van der Waals surface area contributed by atoms with Crippen LogP contribution in [-0.4, -0.2) is 50.8 Å². The van der Waals surface area contributed by atoms with Gasteiger partial charge in [-0.3, -0.25) is 4.90 Å². The first-order chi connectivity index (χ1) is 11.9. The van der Waals surface area contributed by atoms with Crippen molar-refractivity contribution in [3.63, 3.8) is 0 Å². The summed E-state index contributed by atoms with van der Waals surface area (Å²) < 4.78 is 43.2. The number of likely N-dealkylation sites (tertiary alicyclic amines) is 1. The largest absolute Gasteiger partial charge is 0.295 e. The first kappa shape index (κ1) is 20.6. The van der Waals surface area contributed by atoms with Crippen molar-refractivity contribution in [2.45, 2.75) is 38.6 Å². The van der Waals surface area contributed by atoms with Gasteiger partial charge in [-0.25, -0.2) is 9.11 Å². The summed E-state index contributed by atoms with van der Waals surface area (Å²) in [6.07, 6.45) is 3.75. The molecule has 1 aromatic rings. The molecule has 0 radical (unpaired) electrons. The number of benzene rings is 1. The second kappa shape index (κ2) is 9.28. The van der Waals surface area contributed by atoms with E-state index in [9.17, 15) is 12.8 Å². The fourth-order valence-corrected chi connectivity index (χ4v) is 4.34. The zero-order chi connectivity index (χ0) is 18.4. The molecule has 0 bridgehead atoms. The summed E-state index contributed by atoms with van der Waals surface area (Å²) in [5.41, 5.74) is 0.366. The van der Waals surface area contributed by atoms with Crippen molar-refractivity contribution in [2.24, 2.45) is 0 Å². The fourth-order valence-electron chi connectivity index (χ4n) is 3.09. The van der Waals surface area contributed by atoms with Crippen LogP contribution in [0.15, 0.2) is 18.2 Å². The number of hydrogen-bond acceptors (Lipinski definition) is 3. The topological polar surface area (TPSA) is 52.7 Å². The average Bonchev–Trinajstić information content (AvgIpc) is 3.09. The van der Waals surface area contributed by atoms with E-state index in [4.69, 9.17) is 11.6 Å². The Morgan fingerprint density at radius 2 is 2.04 bits per heavy atom. The van der Waals surface area contributed by atoms with Gasteiger partial charge in [0.2, 0.25) is 0 Å². The lowest BCUT2D eigenvalue weighted by molar-refractivity contribution is 0.240. The van der Waals surface area contributed by atoms with E-state index < -0.39 is 22.1 Å². The first-order valence-corrected chi connectivity index (χ1v) is 10.6. The molecule has 1 atom stereocenters. The molecular weight excluding hydrogens is 365 g/mol. The van der Waals surface area contributed by atoms with Gasteiger partial charge in [0.15, 0.2) is 0 Å². The highest BCUT2D eigenvalue weighted by Crippen LogP contribution is 2.32. The molecule has 5 nitrogen and oxygen atoms in total. The minimum atomic E-state index is -3.60. The number of rotatable bonds is 9. The van der Waals surface area contributed by atoms with Crippen molar-refractivity contribution >= 4 is 21.8 Å². The highest BCUT2D eigenvalue weighted by atomic mass is 35.5. The predicted octanol–water partition coefficient (Wildman–Crippen LogP) is 3.18. The third kappa shape index (κ3) is 5.37. The molecule has 0 saturated carbocycles. The maximum Gasteiger partial charge on any atom is 0.279 e. The smallest absolute Gasteiger partial charge is 0.279 e. The van der Waals surface area contributed by atoms with Crippen molar-refractivity contribution in [3.8, 4) is 0 Å². The maximum absolute atomic E-state index is 14.4. The number of nitrogens with one attached hydrogen (secondary N) is 1. The Bertz CT molecular complexity index is 646. The van der Waals surface area contributed by atoms with Crippen molar-refractivity contribution in [1.29, 1.82) is 0 Å². The lowest BCUT2D eigenvalue weighted by atomic mass is 10.0. The van der Waals surface area contributed by atoms with E-state index in [1.807, 2.05) is 6.92 Å². The quantitative estimate of drug-likeness (QED) is 0.703. The van der Waals surface area contributed by atoms with Crippen LogP contribution >= 0.6 is 11.6 Å². The van der Waals surface area contributed by atoms with Crippen LogP contribution < -0.4 is 4.72 Å². The molecule has 0 amide bonds. The van der Waals surface area contributed by atoms with Crippen LogP contribution in [0.4, 0.5) is 4.39 Å². The van der Waals surface area contributed by atoms with Crippen LogP contribution in [0.1, 0.15) is 44.2 Å². The van der Waals surface area contributed by atoms with Crippen LogP contribution in [0.2, 0.25) is 5.02 Å². The van der Waals surface area contributed by atoms with Gasteiger partial charge in [-0.15, -0.1) is 0 Å². The second-order valence-corrected chi connectivity index (χ2v) is 8.69. The standard InChI is InChI=1S/C17H27ClFN3O2S/c1-3-4-10-21(2)25(23,24)20-13-16(22-11-5-6-12-22)17-14(18)8-7-9-15(17)19/h7-9,16,20H,3-6,10-13H2,1-2H3. The van der Waals surface area contributed by atoms with Crippen molar-refractivity contribution < 1.29 is 12.8 Å². The maximum atomic E-state index is 14.4. The molecule has 0 aliphatic carbocycles. The molecule has 1 N–H and O–H groups in total. The Morgan fingerprint density at radius 1 is 1.36 bits per heavy atom. The Morgan fingerprint density at radius 3 is 2.64 bits per heavy atom.